The van der Waals surface area contributed by atoms with E-state index in [4.69, 9.17) is 14.2 Å². The highest BCUT2D eigenvalue weighted by Crippen LogP contribution is 2.21. The third-order valence-electron chi connectivity index (χ3n) is 6.68. The van der Waals surface area contributed by atoms with Gasteiger partial charge in [0, 0.05) is 32.8 Å². The minimum absolute atomic E-state index is 0.00258. The number of nitrogens with zero attached hydrogens (tertiary/aromatic N) is 2. The maximum absolute atomic E-state index is 13.2. The van der Waals surface area contributed by atoms with Gasteiger partial charge in [-0.05, 0) is 49.6 Å². The van der Waals surface area contributed by atoms with E-state index in [-0.39, 0.29) is 36.0 Å². The molecule has 2 aliphatic rings. The number of benzene rings is 2. The fourth-order valence-electron chi connectivity index (χ4n) is 4.40. The van der Waals surface area contributed by atoms with E-state index in [1.54, 1.807) is 6.92 Å². The molecule has 2 saturated heterocycles. The van der Waals surface area contributed by atoms with Crippen LogP contribution in [0.15, 0.2) is 59.5 Å². The van der Waals surface area contributed by atoms with Gasteiger partial charge in [0.15, 0.2) is 6.61 Å². The van der Waals surface area contributed by atoms with Gasteiger partial charge in [-0.2, -0.15) is 4.31 Å². The first kappa shape index (κ1) is 28.0. The number of carbonyl (C=O) groups excluding carboxylic acids is 2. The Hall–Kier alpha value is -2.99. The van der Waals surface area contributed by atoms with E-state index in [1.165, 1.54) is 33.5 Å². The molecule has 0 bridgehead atoms. The van der Waals surface area contributed by atoms with Gasteiger partial charge in [-0.15, -0.1) is 0 Å². The summed E-state index contributed by atoms with van der Waals surface area (Å²) in [7, 11) is -3.62. The van der Waals surface area contributed by atoms with Gasteiger partial charge in [-0.25, -0.2) is 8.42 Å². The predicted octanol–water partition coefficient (Wildman–Crippen LogP) is 1.80. The first-order valence-corrected chi connectivity index (χ1v) is 14.3. The fraction of sp³-hybridized carbons (Fsp3) is 0.481. The van der Waals surface area contributed by atoms with Crippen LogP contribution in [-0.4, -0.2) is 87.6 Å². The van der Waals surface area contributed by atoms with Crippen molar-refractivity contribution in [2.24, 2.45) is 0 Å². The van der Waals surface area contributed by atoms with Crippen LogP contribution in [0.4, 0.5) is 0 Å². The average Bonchev–Trinajstić information content (AvgIpc) is 3.48. The minimum Gasteiger partial charge on any atom is -0.484 e. The molecular weight excluding hydrogens is 510 g/mol. The molecule has 2 amide bonds. The van der Waals surface area contributed by atoms with Crippen molar-refractivity contribution in [1.29, 1.82) is 0 Å². The molecule has 11 heteroatoms. The Balaban J connectivity index is 1.38. The van der Waals surface area contributed by atoms with E-state index in [9.17, 15) is 18.0 Å². The van der Waals surface area contributed by atoms with E-state index in [1.807, 2.05) is 30.3 Å². The highest BCUT2D eigenvalue weighted by atomic mass is 32.2. The second-order valence-corrected chi connectivity index (χ2v) is 11.3. The first-order valence-electron chi connectivity index (χ1n) is 12.9. The van der Waals surface area contributed by atoms with Crippen molar-refractivity contribution in [2.75, 3.05) is 46.1 Å². The molecule has 0 aliphatic carbocycles. The summed E-state index contributed by atoms with van der Waals surface area (Å²) in [5.74, 6) is -0.268. The second-order valence-electron chi connectivity index (χ2n) is 9.34. The molecule has 0 spiro atoms. The minimum atomic E-state index is -3.62. The zero-order valence-corrected chi connectivity index (χ0v) is 22.4. The largest absolute Gasteiger partial charge is 0.484 e. The number of hydrogen-bond acceptors (Lipinski definition) is 7. The lowest BCUT2D eigenvalue weighted by molar-refractivity contribution is -0.142. The molecule has 0 saturated carbocycles. The summed E-state index contributed by atoms with van der Waals surface area (Å²) in [4.78, 5) is 27.8. The third-order valence-corrected chi connectivity index (χ3v) is 8.60. The number of rotatable bonds is 11. The number of nitrogens with one attached hydrogen (secondary N) is 1. The summed E-state index contributed by atoms with van der Waals surface area (Å²) in [5.41, 5.74) is 0.886. The van der Waals surface area contributed by atoms with Crippen LogP contribution in [0.3, 0.4) is 0 Å². The maximum Gasteiger partial charge on any atom is 0.261 e. The Morgan fingerprint density at radius 2 is 1.79 bits per heavy atom. The average molecular weight is 546 g/mol. The molecule has 2 heterocycles. The second kappa shape index (κ2) is 13.2. The van der Waals surface area contributed by atoms with Crippen LogP contribution in [0, 0.1) is 0 Å². The van der Waals surface area contributed by atoms with Crippen molar-refractivity contribution >= 4 is 21.8 Å². The Labute approximate surface area is 223 Å². The van der Waals surface area contributed by atoms with Gasteiger partial charge in [-0.1, -0.05) is 30.3 Å². The van der Waals surface area contributed by atoms with Gasteiger partial charge in [0.2, 0.25) is 15.9 Å². The van der Waals surface area contributed by atoms with Crippen LogP contribution in [0.1, 0.15) is 25.3 Å². The molecule has 2 aromatic carbocycles. The zero-order chi connectivity index (χ0) is 27.0. The van der Waals surface area contributed by atoms with Crippen molar-refractivity contribution in [3.63, 3.8) is 0 Å². The van der Waals surface area contributed by atoms with Crippen LogP contribution >= 0.6 is 0 Å². The third kappa shape index (κ3) is 7.31. The molecule has 38 heavy (non-hydrogen) atoms. The Bertz CT molecular complexity index is 1160. The van der Waals surface area contributed by atoms with Gasteiger partial charge in [0.1, 0.15) is 11.8 Å². The summed E-state index contributed by atoms with van der Waals surface area (Å²) in [6.45, 7) is 4.10. The van der Waals surface area contributed by atoms with Crippen molar-refractivity contribution < 1.29 is 32.2 Å². The van der Waals surface area contributed by atoms with Crippen LogP contribution in [0.2, 0.25) is 0 Å². The van der Waals surface area contributed by atoms with Crippen molar-refractivity contribution in [1.82, 2.24) is 14.5 Å². The molecule has 0 aromatic heterocycles. The van der Waals surface area contributed by atoms with E-state index < -0.39 is 16.1 Å². The molecule has 2 aliphatic heterocycles. The van der Waals surface area contributed by atoms with E-state index in [2.05, 4.69) is 5.32 Å². The van der Waals surface area contributed by atoms with Crippen LogP contribution in [0.5, 0.6) is 5.75 Å². The van der Waals surface area contributed by atoms with Gasteiger partial charge in [0.25, 0.3) is 5.91 Å². The lowest BCUT2D eigenvalue weighted by Gasteiger charge is -2.29. The van der Waals surface area contributed by atoms with Gasteiger partial charge >= 0.3 is 0 Å². The highest BCUT2D eigenvalue weighted by molar-refractivity contribution is 7.89. The highest BCUT2D eigenvalue weighted by Gasteiger charge is 2.28. The van der Waals surface area contributed by atoms with Crippen LogP contribution < -0.4 is 10.1 Å². The van der Waals surface area contributed by atoms with E-state index in [0.717, 1.165) is 18.4 Å². The monoisotopic (exact) mass is 545 g/mol. The number of ether oxygens (including phenoxy) is 3. The normalized spacial score (nSPS) is 19.0. The molecule has 0 unspecified atom stereocenters. The lowest BCUT2D eigenvalue weighted by Crippen LogP contribution is -2.50. The quantitative estimate of drug-likeness (QED) is 0.458. The Morgan fingerprint density at radius 3 is 2.45 bits per heavy atom. The summed E-state index contributed by atoms with van der Waals surface area (Å²) in [6.07, 6.45) is 1.89. The van der Waals surface area contributed by atoms with Crippen LogP contribution in [0.25, 0.3) is 0 Å². The summed E-state index contributed by atoms with van der Waals surface area (Å²) in [5, 5.41) is 2.90. The lowest BCUT2D eigenvalue weighted by atomic mass is 10.1. The molecule has 10 nitrogen and oxygen atoms in total. The van der Waals surface area contributed by atoms with E-state index in [0.29, 0.717) is 45.2 Å². The molecule has 1 N–H and O–H groups in total. The van der Waals surface area contributed by atoms with Gasteiger partial charge in [-0.3, -0.25) is 9.59 Å². The van der Waals surface area contributed by atoms with Crippen LogP contribution in [-0.2, 0) is 35.6 Å². The van der Waals surface area contributed by atoms with Crippen molar-refractivity contribution in [2.45, 2.75) is 43.4 Å². The topological polar surface area (TPSA) is 114 Å². The van der Waals surface area contributed by atoms with Crippen molar-refractivity contribution in [3.05, 3.63) is 60.2 Å². The summed E-state index contributed by atoms with van der Waals surface area (Å²) < 4.78 is 43.6. The number of amides is 2. The molecule has 4 rings (SSSR count). The smallest absolute Gasteiger partial charge is 0.261 e. The maximum atomic E-state index is 13.2. The Kier molecular flexibility index (Phi) is 9.73. The molecular formula is C27H35N3O7S. The fourth-order valence-corrected chi connectivity index (χ4v) is 5.81. The van der Waals surface area contributed by atoms with Crippen molar-refractivity contribution in [3.8, 4) is 5.75 Å². The summed E-state index contributed by atoms with van der Waals surface area (Å²) in [6, 6.07) is 14.7. The van der Waals surface area contributed by atoms with Gasteiger partial charge in [0.05, 0.1) is 24.2 Å². The zero-order valence-electron chi connectivity index (χ0n) is 21.6. The number of sulfonamides is 1. The molecule has 2 aromatic rings. The molecule has 2 fully saturated rings. The summed E-state index contributed by atoms with van der Waals surface area (Å²) >= 11 is 0. The first-order chi connectivity index (χ1) is 18.3. The molecule has 2 atom stereocenters. The molecule has 0 radical (unpaired) electrons. The predicted molar refractivity (Wildman–Crippen MR) is 140 cm³/mol. The molecule has 206 valence electrons. The Morgan fingerprint density at radius 1 is 1.08 bits per heavy atom. The van der Waals surface area contributed by atoms with Gasteiger partial charge < -0.3 is 24.4 Å². The number of hydrogen-bond donors (Lipinski definition) is 1. The number of carbonyl (C=O) groups is 2. The number of morpholine rings is 1. The SMILES string of the molecule is C[C@@H](C(=O)NC[C@H]1CCCO1)N(Cc1ccccc1)C(=O)COc1ccc(S(=O)(=O)N2CCOCC2)cc1. The standard InChI is InChI=1S/C27H35N3O7S/c1-21(27(32)28-18-24-8-5-15-36-24)30(19-22-6-3-2-4-7-22)26(31)20-37-23-9-11-25(12-10-23)38(33,34)29-13-16-35-17-14-29/h2-4,6-7,9-12,21,24H,5,8,13-20H2,1H3,(H,28,32)/t21-,24+/m0/s1. The van der Waals surface area contributed by atoms with E-state index >= 15 is 0 Å².